The van der Waals surface area contributed by atoms with Crippen molar-refractivity contribution in [1.82, 2.24) is 5.43 Å². The summed E-state index contributed by atoms with van der Waals surface area (Å²) in [6.07, 6.45) is 1.32. The smallest absolute Gasteiger partial charge is 0.307 e. The Morgan fingerprint density at radius 2 is 2.04 bits per heavy atom. The number of carbonyl (C=O) groups excluding carboxylic acids is 1. The Bertz CT molecular complexity index is 1010. The first-order chi connectivity index (χ1) is 12.4. The van der Waals surface area contributed by atoms with Gasteiger partial charge in [0.05, 0.1) is 16.2 Å². The SMILES string of the molecule is Cc1ccc(C(=O)NN=Cc2ccc(-c3ccc([N+](=O)[O-])cc3Cl)o2)o1. The number of furan rings is 2. The second-order valence-corrected chi connectivity index (χ2v) is 5.64. The van der Waals surface area contributed by atoms with Gasteiger partial charge < -0.3 is 8.83 Å². The Kier molecular flexibility index (Phi) is 4.85. The second-order valence-electron chi connectivity index (χ2n) is 5.23. The van der Waals surface area contributed by atoms with Crippen LogP contribution in [0.1, 0.15) is 22.1 Å². The van der Waals surface area contributed by atoms with Crippen LogP contribution in [0.15, 0.2) is 56.4 Å². The van der Waals surface area contributed by atoms with Gasteiger partial charge in [0.25, 0.3) is 5.69 Å². The van der Waals surface area contributed by atoms with Gasteiger partial charge in [0, 0.05) is 17.7 Å². The van der Waals surface area contributed by atoms with E-state index in [2.05, 4.69) is 10.5 Å². The molecule has 0 unspecified atom stereocenters. The van der Waals surface area contributed by atoms with Crippen molar-refractivity contribution in [2.75, 3.05) is 0 Å². The summed E-state index contributed by atoms with van der Waals surface area (Å²) in [5.74, 6) is 1.07. The van der Waals surface area contributed by atoms with Crippen LogP contribution in [0, 0.1) is 17.0 Å². The quantitative estimate of drug-likeness (QED) is 0.410. The van der Waals surface area contributed by atoms with E-state index in [-0.39, 0.29) is 16.5 Å². The fraction of sp³-hybridized carbons (Fsp3) is 0.0588. The van der Waals surface area contributed by atoms with Crippen LogP contribution in [0.2, 0.25) is 5.02 Å². The molecular formula is C17H12ClN3O5. The Morgan fingerprint density at radius 1 is 1.23 bits per heavy atom. The highest BCUT2D eigenvalue weighted by Gasteiger charge is 2.13. The van der Waals surface area contributed by atoms with E-state index in [0.717, 1.165) is 0 Å². The number of hydrazone groups is 1. The molecule has 2 aromatic heterocycles. The average Bonchev–Trinajstić information content (AvgIpc) is 3.24. The number of carbonyl (C=O) groups is 1. The van der Waals surface area contributed by atoms with Gasteiger partial charge in [-0.3, -0.25) is 14.9 Å². The number of nitro benzene ring substituents is 1. The Balaban J connectivity index is 1.70. The lowest BCUT2D eigenvalue weighted by atomic mass is 10.1. The highest BCUT2D eigenvalue weighted by molar-refractivity contribution is 6.33. The number of nitrogens with one attached hydrogen (secondary N) is 1. The van der Waals surface area contributed by atoms with Crippen LogP contribution in [-0.2, 0) is 0 Å². The number of hydrogen-bond acceptors (Lipinski definition) is 6. The molecule has 0 fully saturated rings. The van der Waals surface area contributed by atoms with Gasteiger partial charge in [-0.15, -0.1) is 0 Å². The molecule has 0 atom stereocenters. The van der Waals surface area contributed by atoms with Crippen molar-refractivity contribution < 1.29 is 18.6 Å². The lowest BCUT2D eigenvalue weighted by Crippen LogP contribution is -2.16. The minimum atomic E-state index is -0.529. The average molecular weight is 374 g/mol. The number of hydrogen-bond donors (Lipinski definition) is 1. The number of amides is 1. The van der Waals surface area contributed by atoms with Crippen molar-refractivity contribution in [2.45, 2.75) is 6.92 Å². The number of aryl methyl sites for hydroxylation is 1. The van der Waals surface area contributed by atoms with E-state index in [1.54, 1.807) is 31.2 Å². The summed E-state index contributed by atoms with van der Waals surface area (Å²) in [4.78, 5) is 22.0. The van der Waals surface area contributed by atoms with Crippen LogP contribution in [0.3, 0.4) is 0 Å². The van der Waals surface area contributed by atoms with Crippen LogP contribution >= 0.6 is 11.6 Å². The molecular weight excluding hydrogens is 362 g/mol. The lowest BCUT2D eigenvalue weighted by molar-refractivity contribution is -0.384. The highest BCUT2D eigenvalue weighted by Crippen LogP contribution is 2.31. The van der Waals surface area contributed by atoms with E-state index in [1.165, 1.54) is 24.4 Å². The third kappa shape index (κ3) is 3.81. The summed E-state index contributed by atoms with van der Waals surface area (Å²) in [6.45, 7) is 1.73. The van der Waals surface area contributed by atoms with E-state index >= 15 is 0 Å². The molecule has 0 aliphatic carbocycles. The van der Waals surface area contributed by atoms with E-state index in [4.69, 9.17) is 20.4 Å². The summed E-state index contributed by atoms with van der Waals surface area (Å²) in [5.41, 5.74) is 2.71. The van der Waals surface area contributed by atoms with Crippen molar-refractivity contribution in [3.8, 4) is 11.3 Å². The predicted molar refractivity (Wildman–Crippen MR) is 94.3 cm³/mol. The zero-order chi connectivity index (χ0) is 18.7. The molecule has 1 amide bonds. The van der Waals surface area contributed by atoms with Gasteiger partial charge in [0.1, 0.15) is 17.3 Å². The zero-order valence-corrected chi connectivity index (χ0v) is 14.2. The maximum atomic E-state index is 11.8. The van der Waals surface area contributed by atoms with Crippen LogP contribution in [0.5, 0.6) is 0 Å². The summed E-state index contributed by atoms with van der Waals surface area (Å²) in [6, 6.07) is 10.6. The van der Waals surface area contributed by atoms with Crippen LogP contribution in [-0.4, -0.2) is 17.0 Å². The molecule has 3 aromatic rings. The van der Waals surface area contributed by atoms with Crippen molar-refractivity contribution in [3.63, 3.8) is 0 Å². The van der Waals surface area contributed by atoms with Gasteiger partial charge >= 0.3 is 5.91 Å². The molecule has 0 bridgehead atoms. The normalized spacial score (nSPS) is 11.0. The van der Waals surface area contributed by atoms with Crippen molar-refractivity contribution in [3.05, 3.63) is 74.9 Å². The van der Waals surface area contributed by atoms with Crippen LogP contribution in [0.4, 0.5) is 5.69 Å². The largest absolute Gasteiger partial charge is 0.456 e. The summed E-state index contributed by atoms with van der Waals surface area (Å²) in [7, 11) is 0. The predicted octanol–water partition coefficient (Wildman–Crippen LogP) is 4.17. The molecule has 0 saturated carbocycles. The lowest BCUT2D eigenvalue weighted by Gasteiger charge is -2.00. The van der Waals surface area contributed by atoms with Gasteiger partial charge in [-0.1, -0.05) is 11.6 Å². The van der Waals surface area contributed by atoms with Gasteiger partial charge in [0.2, 0.25) is 0 Å². The molecule has 1 aromatic carbocycles. The molecule has 0 aliphatic rings. The number of nitrogens with zero attached hydrogens (tertiary/aromatic N) is 2. The van der Waals surface area contributed by atoms with E-state index in [0.29, 0.717) is 22.8 Å². The van der Waals surface area contributed by atoms with E-state index in [1.807, 2.05) is 0 Å². The van der Waals surface area contributed by atoms with Crippen LogP contribution < -0.4 is 5.43 Å². The Hall–Kier alpha value is -3.39. The molecule has 3 rings (SSSR count). The molecule has 132 valence electrons. The maximum absolute atomic E-state index is 11.8. The molecule has 9 heteroatoms. The maximum Gasteiger partial charge on any atom is 0.307 e. The van der Waals surface area contributed by atoms with Crippen molar-refractivity contribution in [1.29, 1.82) is 0 Å². The number of non-ortho nitro benzene ring substituents is 1. The second kappa shape index (κ2) is 7.24. The van der Waals surface area contributed by atoms with Gasteiger partial charge in [-0.2, -0.15) is 5.10 Å². The number of rotatable bonds is 5. The molecule has 0 radical (unpaired) electrons. The molecule has 0 spiro atoms. The van der Waals surface area contributed by atoms with Gasteiger partial charge in [-0.05, 0) is 37.3 Å². The first-order valence-corrected chi connectivity index (χ1v) is 7.76. The molecule has 0 saturated heterocycles. The highest BCUT2D eigenvalue weighted by atomic mass is 35.5. The number of halogens is 1. The first kappa shape index (κ1) is 17.4. The summed E-state index contributed by atoms with van der Waals surface area (Å²) < 4.78 is 10.7. The minimum Gasteiger partial charge on any atom is -0.456 e. The Morgan fingerprint density at radius 3 is 2.69 bits per heavy atom. The first-order valence-electron chi connectivity index (χ1n) is 7.38. The van der Waals surface area contributed by atoms with Gasteiger partial charge in [-0.25, -0.2) is 5.43 Å². The van der Waals surface area contributed by atoms with Gasteiger partial charge in [0.15, 0.2) is 5.76 Å². The Labute approximate surface area is 152 Å². The van der Waals surface area contributed by atoms with E-state index in [9.17, 15) is 14.9 Å². The number of benzene rings is 1. The molecule has 2 heterocycles. The monoisotopic (exact) mass is 373 g/mol. The fourth-order valence-electron chi connectivity index (χ4n) is 2.15. The summed E-state index contributed by atoms with van der Waals surface area (Å²) in [5, 5.41) is 14.7. The third-order valence-corrected chi connectivity index (χ3v) is 3.69. The molecule has 8 nitrogen and oxygen atoms in total. The van der Waals surface area contributed by atoms with Crippen molar-refractivity contribution in [2.24, 2.45) is 5.10 Å². The van der Waals surface area contributed by atoms with Crippen LogP contribution in [0.25, 0.3) is 11.3 Å². The molecule has 26 heavy (non-hydrogen) atoms. The minimum absolute atomic E-state index is 0.108. The topological polar surface area (TPSA) is 111 Å². The fourth-order valence-corrected chi connectivity index (χ4v) is 2.42. The van der Waals surface area contributed by atoms with Crippen molar-refractivity contribution >= 4 is 29.4 Å². The van der Waals surface area contributed by atoms with E-state index < -0.39 is 10.8 Å². The standard InChI is InChI=1S/C17H12ClN3O5/c1-10-2-6-16(25-10)17(22)20-19-9-12-4-7-15(26-12)13-5-3-11(21(23)24)8-14(13)18/h2-9H,1H3,(H,20,22). The third-order valence-electron chi connectivity index (χ3n) is 3.38. The number of nitro groups is 1. The molecule has 1 N–H and O–H groups in total. The zero-order valence-electron chi connectivity index (χ0n) is 13.4. The molecule has 0 aliphatic heterocycles. The summed E-state index contributed by atoms with van der Waals surface area (Å²) >= 11 is 6.07.